The Hall–Kier alpha value is -1.56. The van der Waals surface area contributed by atoms with Crippen LogP contribution >= 0.6 is 11.6 Å². The fourth-order valence-electron chi connectivity index (χ4n) is 3.74. The maximum absolute atomic E-state index is 13.0. The second-order valence-electron chi connectivity index (χ2n) is 8.37. The van der Waals surface area contributed by atoms with E-state index in [2.05, 4.69) is 6.92 Å². The second-order valence-corrected chi connectivity index (χ2v) is 8.71. The predicted octanol–water partition coefficient (Wildman–Crippen LogP) is 8.44. The summed E-state index contributed by atoms with van der Waals surface area (Å²) in [5.41, 5.74) is 0.287. The number of rotatable bonds is 17. The van der Waals surface area contributed by atoms with Crippen LogP contribution in [0.4, 0.5) is 18.9 Å². The average molecular weight is 476 g/mol. The van der Waals surface area contributed by atoms with E-state index in [0.717, 1.165) is 30.6 Å². The zero-order valence-electron chi connectivity index (χ0n) is 19.2. The number of nitrogens with zero attached hydrogens (tertiary/aromatic N) is 1. The Morgan fingerprint density at radius 3 is 1.53 bits per heavy atom. The summed E-state index contributed by atoms with van der Waals surface area (Å²) in [6.07, 6.45) is 11.2. The van der Waals surface area contributed by atoms with E-state index in [0.29, 0.717) is 6.42 Å². The monoisotopic (exact) mass is 475 g/mol. The van der Waals surface area contributed by atoms with Crippen LogP contribution in [0.1, 0.15) is 107 Å². The molecule has 32 heavy (non-hydrogen) atoms. The highest BCUT2D eigenvalue weighted by atomic mass is 35.5. The van der Waals surface area contributed by atoms with Crippen LogP contribution in [0.15, 0.2) is 24.3 Å². The molecule has 182 valence electrons. The quantitative estimate of drug-likeness (QED) is 0.167. The largest absolute Gasteiger partial charge is 0.471 e. The number of hydrogen-bond acceptors (Lipinski definition) is 2. The maximum Gasteiger partial charge on any atom is 0.471 e. The lowest BCUT2D eigenvalue weighted by Crippen LogP contribution is -2.41. The van der Waals surface area contributed by atoms with E-state index in [-0.39, 0.29) is 17.8 Å². The number of carbonyl (C=O) groups is 2. The van der Waals surface area contributed by atoms with Crippen molar-refractivity contribution in [2.24, 2.45) is 0 Å². The Kier molecular flexibility index (Phi) is 14.3. The highest BCUT2D eigenvalue weighted by molar-refractivity contribution is 6.67. The van der Waals surface area contributed by atoms with Gasteiger partial charge in [0.25, 0.3) is 5.24 Å². The van der Waals surface area contributed by atoms with E-state index < -0.39 is 17.3 Å². The summed E-state index contributed by atoms with van der Waals surface area (Å²) in [6.45, 7) is 2.22. The van der Waals surface area contributed by atoms with Crippen LogP contribution in [0, 0.1) is 0 Å². The first-order chi connectivity index (χ1) is 15.3. The molecule has 0 atom stereocenters. The van der Waals surface area contributed by atoms with E-state index in [1.54, 1.807) is 0 Å². The van der Waals surface area contributed by atoms with Gasteiger partial charge in [-0.25, -0.2) is 0 Å². The van der Waals surface area contributed by atoms with Gasteiger partial charge < -0.3 is 4.90 Å². The minimum atomic E-state index is -4.95. The summed E-state index contributed by atoms with van der Waals surface area (Å²) in [4.78, 5) is 23.7. The molecule has 0 spiro atoms. The second kappa shape index (κ2) is 16.1. The third kappa shape index (κ3) is 11.9. The third-order valence-corrected chi connectivity index (χ3v) is 5.85. The zero-order chi connectivity index (χ0) is 23.8. The van der Waals surface area contributed by atoms with Gasteiger partial charge in [-0.3, -0.25) is 9.59 Å². The van der Waals surface area contributed by atoms with Gasteiger partial charge in [0.2, 0.25) is 0 Å². The molecular weight excluding hydrogens is 439 g/mol. The van der Waals surface area contributed by atoms with Crippen LogP contribution in [0.3, 0.4) is 0 Å². The first-order valence-electron chi connectivity index (χ1n) is 12.0. The van der Waals surface area contributed by atoms with E-state index in [1.807, 2.05) is 0 Å². The molecule has 1 amide bonds. The predicted molar refractivity (Wildman–Crippen MR) is 125 cm³/mol. The molecular formula is C25H37ClF3NO2. The summed E-state index contributed by atoms with van der Waals surface area (Å²) in [5, 5.41) is -0.697. The van der Waals surface area contributed by atoms with Crippen molar-refractivity contribution in [2.75, 3.05) is 11.4 Å². The van der Waals surface area contributed by atoms with Crippen molar-refractivity contribution in [3.63, 3.8) is 0 Å². The van der Waals surface area contributed by atoms with Gasteiger partial charge in [0, 0.05) is 17.8 Å². The molecule has 0 fully saturated rings. The lowest BCUT2D eigenvalue weighted by molar-refractivity contribution is -0.170. The van der Waals surface area contributed by atoms with Crippen LogP contribution in [0.5, 0.6) is 0 Å². The normalized spacial score (nSPS) is 11.5. The van der Waals surface area contributed by atoms with E-state index in [9.17, 15) is 22.8 Å². The van der Waals surface area contributed by atoms with Crippen LogP contribution in [-0.4, -0.2) is 23.9 Å². The van der Waals surface area contributed by atoms with Gasteiger partial charge in [-0.2, -0.15) is 13.2 Å². The molecule has 3 nitrogen and oxygen atoms in total. The zero-order valence-corrected chi connectivity index (χ0v) is 19.9. The van der Waals surface area contributed by atoms with Crippen molar-refractivity contribution >= 4 is 28.4 Å². The Morgan fingerprint density at radius 1 is 0.750 bits per heavy atom. The van der Waals surface area contributed by atoms with Crippen molar-refractivity contribution in [2.45, 2.75) is 103 Å². The summed E-state index contributed by atoms with van der Waals surface area (Å²) in [5.74, 6) is -1.89. The van der Waals surface area contributed by atoms with Gasteiger partial charge in [0.1, 0.15) is 0 Å². The summed E-state index contributed by atoms with van der Waals surface area (Å²) < 4.78 is 39.0. The van der Waals surface area contributed by atoms with Crippen LogP contribution < -0.4 is 4.90 Å². The van der Waals surface area contributed by atoms with Crippen LogP contribution in [-0.2, 0) is 4.79 Å². The molecule has 0 saturated carbocycles. The van der Waals surface area contributed by atoms with Gasteiger partial charge >= 0.3 is 12.1 Å². The number of unbranched alkanes of at least 4 members (excludes halogenated alkanes) is 13. The van der Waals surface area contributed by atoms with Crippen LogP contribution in [0.2, 0.25) is 0 Å². The molecule has 0 unspecified atom stereocenters. The van der Waals surface area contributed by atoms with Crippen molar-refractivity contribution in [3.8, 4) is 0 Å². The highest BCUT2D eigenvalue weighted by Gasteiger charge is 2.42. The molecule has 1 aromatic rings. The molecule has 0 N–H and O–H groups in total. The SMILES string of the molecule is CCCCCCCCCCCCCCCCN(C(=O)C(F)(F)F)c1ccc(C(=O)Cl)cc1. The minimum absolute atomic E-state index is 0.00938. The molecule has 1 rings (SSSR count). The molecule has 0 aromatic heterocycles. The van der Waals surface area contributed by atoms with Gasteiger partial charge in [0.05, 0.1) is 0 Å². The molecule has 0 aliphatic rings. The first kappa shape index (κ1) is 28.5. The molecule has 0 saturated heterocycles. The fraction of sp³-hybridized carbons (Fsp3) is 0.680. The number of carbonyl (C=O) groups excluding carboxylic acids is 2. The lowest BCUT2D eigenvalue weighted by atomic mass is 10.0. The molecule has 7 heteroatoms. The number of alkyl halides is 3. The summed E-state index contributed by atoms with van der Waals surface area (Å²) in [6, 6.07) is 5.30. The van der Waals surface area contributed by atoms with Crippen molar-refractivity contribution < 1.29 is 22.8 Å². The van der Waals surface area contributed by atoms with Gasteiger partial charge in [0.15, 0.2) is 0 Å². The molecule has 0 aliphatic heterocycles. The number of hydrogen-bond donors (Lipinski definition) is 0. The highest BCUT2D eigenvalue weighted by Crippen LogP contribution is 2.25. The van der Waals surface area contributed by atoms with Crippen molar-refractivity contribution in [1.29, 1.82) is 0 Å². The Morgan fingerprint density at radius 2 is 1.16 bits per heavy atom. The number of amides is 1. The standard InChI is InChI=1S/C25H37ClF3NO2/c1-2-3-4-5-6-7-8-9-10-11-12-13-14-15-20-30(24(32)25(27,28)29)22-18-16-21(17-19-22)23(26)31/h16-19H,2-15,20H2,1H3. The lowest BCUT2D eigenvalue weighted by Gasteiger charge is -2.24. The summed E-state index contributed by atoms with van der Waals surface area (Å²) in [7, 11) is 0. The first-order valence-corrected chi connectivity index (χ1v) is 12.3. The molecule has 0 aliphatic carbocycles. The Labute approximate surface area is 195 Å². The Bertz CT molecular complexity index is 662. The number of halogens is 4. The average Bonchev–Trinajstić information content (AvgIpc) is 2.75. The van der Waals surface area contributed by atoms with Crippen LogP contribution in [0.25, 0.3) is 0 Å². The maximum atomic E-state index is 13.0. The fourth-order valence-corrected chi connectivity index (χ4v) is 3.86. The Balaban J connectivity index is 2.28. The molecule has 0 radical (unpaired) electrons. The topological polar surface area (TPSA) is 37.4 Å². The molecule has 0 heterocycles. The van der Waals surface area contributed by atoms with Gasteiger partial charge in [-0.15, -0.1) is 0 Å². The van der Waals surface area contributed by atoms with Gasteiger partial charge in [-0.1, -0.05) is 90.4 Å². The smallest absolute Gasteiger partial charge is 0.305 e. The third-order valence-electron chi connectivity index (χ3n) is 5.63. The number of anilines is 1. The molecule has 0 bridgehead atoms. The molecule has 1 aromatic carbocycles. The van der Waals surface area contributed by atoms with E-state index in [1.165, 1.54) is 82.1 Å². The summed E-state index contributed by atoms with van der Waals surface area (Å²) >= 11 is 5.37. The number of benzene rings is 1. The van der Waals surface area contributed by atoms with E-state index >= 15 is 0 Å². The minimum Gasteiger partial charge on any atom is -0.305 e. The van der Waals surface area contributed by atoms with Gasteiger partial charge in [-0.05, 0) is 42.3 Å². The van der Waals surface area contributed by atoms with E-state index in [4.69, 9.17) is 11.6 Å². The van der Waals surface area contributed by atoms with Crippen molar-refractivity contribution in [3.05, 3.63) is 29.8 Å². The van der Waals surface area contributed by atoms with Crippen molar-refractivity contribution in [1.82, 2.24) is 0 Å².